The molecule has 2 unspecified atom stereocenters. The normalized spacial score (nSPS) is 20.8. The number of hydrogen-bond acceptors (Lipinski definition) is 3. The van der Waals surface area contributed by atoms with Gasteiger partial charge in [0.05, 0.1) is 5.56 Å². The third-order valence-corrected chi connectivity index (χ3v) is 3.11. The van der Waals surface area contributed by atoms with E-state index in [-0.39, 0.29) is 12.5 Å². The summed E-state index contributed by atoms with van der Waals surface area (Å²) in [5.41, 5.74) is 1.14. The molecule has 2 atom stereocenters. The van der Waals surface area contributed by atoms with Crippen LogP contribution < -0.4 is 5.32 Å². The van der Waals surface area contributed by atoms with E-state index in [1.807, 2.05) is 0 Å². The molecule has 1 heterocycles. The zero-order valence-electron chi connectivity index (χ0n) is 10.3. The first-order valence-electron chi connectivity index (χ1n) is 6.03. The molecular weight excluding hydrogens is 228 g/mol. The van der Waals surface area contributed by atoms with E-state index in [1.54, 1.807) is 12.3 Å². The molecular formula is C14H16N2O2. The molecule has 1 aliphatic carbocycles. The number of nitrogens with one attached hydrogen (secondary N) is 1. The second kappa shape index (κ2) is 5.65. The minimum absolute atomic E-state index is 0.116. The van der Waals surface area contributed by atoms with Gasteiger partial charge in [0.15, 0.2) is 0 Å². The van der Waals surface area contributed by atoms with E-state index in [2.05, 4.69) is 29.1 Å². The number of amides is 1. The van der Waals surface area contributed by atoms with Gasteiger partial charge in [0.1, 0.15) is 6.61 Å². The summed E-state index contributed by atoms with van der Waals surface area (Å²) in [6.45, 7) is 2.71. The Morgan fingerprint density at radius 1 is 1.61 bits per heavy atom. The number of carbonyl (C=O) groups excluding carboxylic acids is 1. The highest BCUT2D eigenvalue weighted by molar-refractivity contribution is 5.94. The molecule has 4 heteroatoms. The Bertz CT molecular complexity index is 502. The summed E-state index contributed by atoms with van der Waals surface area (Å²) in [7, 11) is 0. The Balaban J connectivity index is 1.96. The quantitative estimate of drug-likeness (QED) is 0.773. The molecule has 1 aliphatic rings. The van der Waals surface area contributed by atoms with Crippen molar-refractivity contribution in [1.29, 1.82) is 0 Å². The van der Waals surface area contributed by atoms with Crippen LogP contribution in [0.15, 0.2) is 18.5 Å². The first-order chi connectivity index (χ1) is 8.70. The van der Waals surface area contributed by atoms with Gasteiger partial charge < -0.3 is 10.4 Å². The highest BCUT2D eigenvalue weighted by atomic mass is 16.2. The molecule has 4 nitrogen and oxygen atoms in total. The van der Waals surface area contributed by atoms with Crippen molar-refractivity contribution in [3.8, 4) is 11.8 Å². The highest BCUT2D eigenvalue weighted by Gasteiger charge is 2.32. The van der Waals surface area contributed by atoms with Gasteiger partial charge in [-0.05, 0) is 24.3 Å². The molecule has 18 heavy (non-hydrogen) atoms. The zero-order chi connectivity index (χ0) is 13.0. The fourth-order valence-electron chi connectivity index (χ4n) is 1.78. The largest absolute Gasteiger partial charge is 0.384 e. The third-order valence-electron chi connectivity index (χ3n) is 3.11. The lowest BCUT2D eigenvalue weighted by Crippen LogP contribution is -2.26. The van der Waals surface area contributed by atoms with E-state index in [4.69, 9.17) is 5.11 Å². The minimum atomic E-state index is -0.198. The van der Waals surface area contributed by atoms with E-state index < -0.39 is 0 Å². The Labute approximate surface area is 106 Å². The maximum Gasteiger partial charge on any atom is 0.252 e. The van der Waals surface area contributed by atoms with Crippen LogP contribution in [0.5, 0.6) is 0 Å². The smallest absolute Gasteiger partial charge is 0.252 e. The number of pyridine rings is 1. The Morgan fingerprint density at radius 3 is 3.06 bits per heavy atom. The monoisotopic (exact) mass is 244 g/mol. The fourth-order valence-corrected chi connectivity index (χ4v) is 1.78. The molecule has 2 N–H and O–H groups in total. The number of aromatic nitrogens is 1. The first-order valence-corrected chi connectivity index (χ1v) is 6.03. The van der Waals surface area contributed by atoms with Crippen LogP contribution in [0.1, 0.15) is 29.3 Å². The van der Waals surface area contributed by atoms with Crippen LogP contribution in [0.2, 0.25) is 0 Å². The van der Waals surface area contributed by atoms with E-state index in [1.165, 1.54) is 12.6 Å². The SMILES string of the molecule is CC1CC1CNC(=O)c1cncc(C#CCO)c1. The lowest BCUT2D eigenvalue weighted by Gasteiger charge is -2.04. The second-order valence-electron chi connectivity index (χ2n) is 4.61. The Hall–Kier alpha value is -1.86. The van der Waals surface area contributed by atoms with E-state index >= 15 is 0 Å². The molecule has 2 rings (SSSR count). The third kappa shape index (κ3) is 3.31. The van der Waals surface area contributed by atoms with Gasteiger partial charge in [-0.3, -0.25) is 9.78 Å². The van der Waals surface area contributed by atoms with Crippen molar-refractivity contribution < 1.29 is 9.90 Å². The summed E-state index contributed by atoms with van der Waals surface area (Å²) in [6.07, 6.45) is 4.29. The molecule has 0 radical (unpaired) electrons. The molecule has 1 aromatic rings. The fraction of sp³-hybridized carbons (Fsp3) is 0.429. The molecule has 1 aromatic heterocycles. The second-order valence-corrected chi connectivity index (χ2v) is 4.61. The van der Waals surface area contributed by atoms with Crippen LogP contribution >= 0.6 is 0 Å². The van der Waals surface area contributed by atoms with Crippen molar-refractivity contribution in [3.05, 3.63) is 29.6 Å². The maximum absolute atomic E-state index is 11.9. The topological polar surface area (TPSA) is 62.2 Å². The lowest BCUT2D eigenvalue weighted by atomic mass is 10.2. The van der Waals surface area contributed by atoms with Crippen LogP contribution in [0.4, 0.5) is 0 Å². The van der Waals surface area contributed by atoms with Crippen molar-refractivity contribution in [2.24, 2.45) is 11.8 Å². The molecule has 0 bridgehead atoms. The van der Waals surface area contributed by atoms with Crippen LogP contribution in [-0.4, -0.2) is 29.1 Å². The Morgan fingerprint density at radius 2 is 2.39 bits per heavy atom. The lowest BCUT2D eigenvalue weighted by molar-refractivity contribution is 0.0951. The van der Waals surface area contributed by atoms with Gasteiger partial charge in [0, 0.05) is 24.5 Å². The van der Waals surface area contributed by atoms with Gasteiger partial charge in [-0.25, -0.2) is 0 Å². The molecule has 0 saturated heterocycles. The predicted octanol–water partition coefficient (Wildman–Crippen LogP) is 0.811. The van der Waals surface area contributed by atoms with E-state index in [0.29, 0.717) is 17.0 Å². The predicted molar refractivity (Wildman–Crippen MR) is 67.8 cm³/mol. The molecule has 0 spiro atoms. The maximum atomic E-state index is 11.9. The van der Waals surface area contributed by atoms with Crippen LogP contribution in [0.3, 0.4) is 0 Å². The molecule has 1 amide bonds. The zero-order valence-corrected chi connectivity index (χ0v) is 10.3. The Kier molecular flexibility index (Phi) is 3.96. The highest BCUT2D eigenvalue weighted by Crippen LogP contribution is 2.36. The molecule has 1 saturated carbocycles. The number of carbonyl (C=O) groups is 1. The summed E-state index contributed by atoms with van der Waals surface area (Å²) < 4.78 is 0. The summed E-state index contributed by atoms with van der Waals surface area (Å²) in [5, 5.41) is 11.5. The number of nitrogens with zero attached hydrogens (tertiary/aromatic N) is 1. The van der Waals surface area contributed by atoms with Crippen molar-refractivity contribution in [1.82, 2.24) is 10.3 Å². The van der Waals surface area contributed by atoms with Crippen molar-refractivity contribution in [3.63, 3.8) is 0 Å². The van der Waals surface area contributed by atoms with Crippen molar-refractivity contribution in [2.75, 3.05) is 13.2 Å². The number of aliphatic hydroxyl groups excluding tert-OH is 1. The minimum Gasteiger partial charge on any atom is -0.384 e. The molecule has 94 valence electrons. The standard InChI is InChI=1S/C14H16N2O2/c1-10-5-12(10)9-16-14(18)13-6-11(3-2-4-17)7-15-8-13/h6-8,10,12,17H,4-5,9H2,1H3,(H,16,18). The van der Waals surface area contributed by atoms with Crippen molar-refractivity contribution in [2.45, 2.75) is 13.3 Å². The van der Waals surface area contributed by atoms with Crippen LogP contribution in [0.25, 0.3) is 0 Å². The molecule has 1 fully saturated rings. The summed E-state index contributed by atoms with van der Waals surface area (Å²) in [6, 6.07) is 1.68. The number of aliphatic hydroxyl groups is 1. The average molecular weight is 244 g/mol. The van der Waals surface area contributed by atoms with Gasteiger partial charge in [0.25, 0.3) is 5.91 Å². The molecule has 0 aliphatic heterocycles. The summed E-state index contributed by atoms with van der Waals surface area (Å²) in [4.78, 5) is 15.8. The van der Waals surface area contributed by atoms with Gasteiger partial charge in [-0.1, -0.05) is 18.8 Å². The van der Waals surface area contributed by atoms with Crippen LogP contribution in [-0.2, 0) is 0 Å². The van der Waals surface area contributed by atoms with Gasteiger partial charge in [0.2, 0.25) is 0 Å². The number of rotatable bonds is 3. The molecule has 0 aromatic carbocycles. The van der Waals surface area contributed by atoms with Gasteiger partial charge >= 0.3 is 0 Å². The van der Waals surface area contributed by atoms with E-state index in [0.717, 1.165) is 12.5 Å². The number of hydrogen-bond donors (Lipinski definition) is 2. The van der Waals surface area contributed by atoms with Crippen molar-refractivity contribution >= 4 is 5.91 Å². The van der Waals surface area contributed by atoms with Crippen LogP contribution in [0, 0.1) is 23.7 Å². The first kappa shape index (κ1) is 12.6. The summed E-state index contributed by atoms with van der Waals surface area (Å²) in [5.74, 6) is 6.50. The average Bonchev–Trinajstić information content (AvgIpc) is 3.10. The van der Waals surface area contributed by atoms with Gasteiger partial charge in [-0.15, -0.1) is 0 Å². The van der Waals surface area contributed by atoms with Gasteiger partial charge in [-0.2, -0.15) is 0 Å². The summed E-state index contributed by atoms with van der Waals surface area (Å²) >= 11 is 0. The van der Waals surface area contributed by atoms with E-state index in [9.17, 15) is 4.79 Å².